The lowest BCUT2D eigenvalue weighted by molar-refractivity contribution is 0.00156. The Morgan fingerprint density at radius 3 is 2.79 bits per heavy atom. The molecular formula is C18H31N3O3. The zero-order chi connectivity index (χ0) is 18.0. The molecule has 1 fully saturated rings. The fourth-order valence-electron chi connectivity index (χ4n) is 3.40. The van der Waals surface area contributed by atoms with Gasteiger partial charge in [-0.15, -0.1) is 0 Å². The highest BCUT2D eigenvalue weighted by Gasteiger charge is 2.35. The fraction of sp³-hybridized carbons (Fsp3) is 0.778. The highest BCUT2D eigenvalue weighted by molar-refractivity contribution is 5.68. The maximum absolute atomic E-state index is 12.3. The third-order valence-corrected chi connectivity index (χ3v) is 4.19. The number of aromatic nitrogens is 1. The topological polar surface area (TPSA) is 58.8 Å². The fourth-order valence-corrected chi connectivity index (χ4v) is 3.40. The summed E-state index contributed by atoms with van der Waals surface area (Å²) in [6.45, 7) is 13.0. The zero-order valence-corrected chi connectivity index (χ0v) is 15.9. The highest BCUT2D eigenvalue weighted by atomic mass is 16.6. The molecule has 0 radical (unpaired) electrons. The standard InChI is InChI=1S/C18H31N3O3/c1-14-10-15(19-24-14)11-20(6)12-18(5)8-7-9-21(13-18)16(22)23-17(2,3)4/h10H,7-9,11-13H2,1-6H3. The number of piperidine rings is 1. The van der Waals surface area contributed by atoms with Crippen molar-refractivity contribution in [2.45, 2.75) is 59.6 Å². The lowest BCUT2D eigenvalue weighted by Gasteiger charge is -2.42. The predicted molar refractivity (Wildman–Crippen MR) is 92.7 cm³/mol. The van der Waals surface area contributed by atoms with Crippen LogP contribution < -0.4 is 0 Å². The predicted octanol–water partition coefficient (Wildman–Crippen LogP) is 3.45. The largest absolute Gasteiger partial charge is 0.444 e. The van der Waals surface area contributed by atoms with E-state index in [0.29, 0.717) is 0 Å². The van der Waals surface area contributed by atoms with Gasteiger partial charge in [-0.05, 0) is 53.0 Å². The zero-order valence-electron chi connectivity index (χ0n) is 15.9. The molecule has 0 aliphatic carbocycles. The Labute approximate surface area is 145 Å². The van der Waals surface area contributed by atoms with Crippen LogP contribution in [0.3, 0.4) is 0 Å². The van der Waals surface area contributed by atoms with Crippen molar-refractivity contribution in [2.75, 3.05) is 26.7 Å². The Hall–Kier alpha value is -1.56. The van der Waals surface area contributed by atoms with Gasteiger partial charge in [0.1, 0.15) is 11.4 Å². The Morgan fingerprint density at radius 2 is 2.21 bits per heavy atom. The summed E-state index contributed by atoms with van der Waals surface area (Å²) in [6.07, 6.45) is 1.91. The molecule has 24 heavy (non-hydrogen) atoms. The number of aryl methyl sites for hydroxylation is 1. The second-order valence-corrected chi connectivity index (χ2v) is 8.42. The summed E-state index contributed by atoms with van der Waals surface area (Å²) in [5.41, 5.74) is 0.549. The van der Waals surface area contributed by atoms with Gasteiger partial charge >= 0.3 is 6.09 Å². The molecule has 2 heterocycles. The first-order chi connectivity index (χ1) is 11.1. The van der Waals surface area contributed by atoms with E-state index in [1.165, 1.54) is 0 Å². The normalized spacial score (nSPS) is 22.0. The SMILES string of the molecule is Cc1cc(CN(C)CC2(C)CCCN(C(=O)OC(C)(C)C)C2)no1. The number of carbonyl (C=O) groups is 1. The molecule has 1 unspecified atom stereocenters. The molecule has 0 saturated carbocycles. The average molecular weight is 337 g/mol. The third-order valence-electron chi connectivity index (χ3n) is 4.19. The van der Waals surface area contributed by atoms with Gasteiger partial charge in [0.05, 0.1) is 5.69 Å². The van der Waals surface area contributed by atoms with E-state index in [4.69, 9.17) is 9.26 Å². The van der Waals surface area contributed by atoms with Gasteiger partial charge in [-0.2, -0.15) is 0 Å². The highest BCUT2D eigenvalue weighted by Crippen LogP contribution is 2.31. The first-order valence-electron chi connectivity index (χ1n) is 8.65. The lowest BCUT2D eigenvalue weighted by Crippen LogP contribution is -2.50. The first kappa shape index (κ1) is 18.8. The van der Waals surface area contributed by atoms with Crippen LogP contribution in [-0.2, 0) is 11.3 Å². The van der Waals surface area contributed by atoms with Crippen molar-refractivity contribution < 1.29 is 14.1 Å². The van der Waals surface area contributed by atoms with E-state index in [9.17, 15) is 4.79 Å². The Kier molecular flexibility index (Phi) is 5.58. The molecule has 1 aromatic heterocycles. The van der Waals surface area contributed by atoms with E-state index in [-0.39, 0.29) is 11.5 Å². The number of nitrogens with zero attached hydrogens (tertiary/aromatic N) is 3. The smallest absolute Gasteiger partial charge is 0.410 e. The van der Waals surface area contributed by atoms with E-state index < -0.39 is 5.60 Å². The number of likely N-dealkylation sites (tertiary alicyclic amines) is 1. The van der Waals surface area contributed by atoms with Crippen LogP contribution in [0.4, 0.5) is 4.79 Å². The summed E-state index contributed by atoms with van der Waals surface area (Å²) in [6, 6.07) is 1.96. The van der Waals surface area contributed by atoms with Gasteiger partial charge in [-0.25, -0.2) is 4.79 Å². The second kappa shape index (κ2) is 7.13. The van der Waals surface area contributed by atoms with Crippen LogP contribution in [0.2, 0.25) is 0 Å². The second-order valence-electron chi connectivity index (χ2n) is 8.42. The summed E-state index contributed by atoms with van der Waals surface area (Å²) in [7, 11) is 2.09. The van der Waals surface area contributed by atoms with Crippen molar-refractivity contribution in [3.8, 4) is 0 Å². The molecule has 6 nitrogen and oxygen atoms in total. The minimum absolute atomic E-state index is 0.0582. The molecule has 0 N–H and O–H groups in total. The van der Waals surface area contributed by atoms with Gasteiger partial charge in [0.15, 0.2) is 0 Å². The van der Waals surface area contributed by atoms with Gasteiger partial charge in [0, 0.05) is 32.2 Å². The van der Waals surface area contributed by atoms with Crippen molar-refractivity contribution in [2.24, 2.45) is 5.41 Å². The van der Waals surface area contributed by atoms with E-state index >= 15 is 0 Å². The lowest BCUT2D eigenvalue weighted by atomic mass is 9.81. The van der Waals surface area contributed by atoms with Crippen LogP contribution in [0.5, 0.6) is 0 Å². The van der Waals surface area contributed by atoms with Crippen LogP contribution in [0.15, 0.2) is 10.6 Å². The van der Waals surface area contributed by atoms with Crippen molar-refractivity contribution in [3.63, 3.8) is 0 Å². The number of ether oxygens (including phenoxy) is 1. The minimum Gasteiger partial charge on any atom is -0.444 e. The molecule has 6 heteroatoms. The van der Waals surface area contributed by atoms with Crippen LogP contribution in [0.25, 0.3) is 0 Å². The number of rotatable bonds is 4. The van der Waals surface area contributed by atoms with Gasteiger partial charge in [0.25, 0.3) is 0 Å². The molecule has 2 rings (SSSR count). The third kappa shape index (κ3) is 5.51. The molecule has 1 aliphatic rings. The molecule has 1 aromatic rings. The molecule has 1 atom stereocenters. The number of carbonyl (C=O) groups excluding carboxylic acids is 1. The van der Waals surface area contributed by atoms with Gasteiger partial charge in [-0.1, -0.05) is 12.1 Å². The van der Waals surface area contributed by atoms with Crippen molar-refractivity contribution in [3.05, 3.63) is 17.5 Å². The summed E-state index contributed by atoms with van der Waals surface area (Å²) in [4.78, 5) is 16.4. The van der Waals surface area contributed by atoms with Crippen LogP contribution in [-0.4, -0.2) is 53.3 Å². The summed E-state index contributed by atoms with van der Waals surface area (Å²) < 4.78 is 10.7. The molecule has 1 saturated heterocycles. The molecular weight excluding hydrogens is 306 g/mol. The molecule has 0 aromatic carbocycles. The molecule has 1 aliphatic heterocycles. The average Bonchev–Trinajstić information content (AvgIpc) is 2.81. The Bertz CT molecular complexity index is 564. The summed E-state index contributed by atoms with van der Waals surface area (Å²) in [5.74, 6) is 0.832. The van der Waals surface area contributed by atoms with Crippen LogP contribution in [0, 0.1) is 12.3 Å². The van der Waals surface area contributed by atoms with Gasteiger partial charge < -0.3 is 14.2 Å². The van der Waals surface area contributed by atoms with E-state index in [0.717, 1.165) is 50.5 Å². The van der Waals surface area contributed by atoms with Gasteiger partial charge in [-0.3, -0.25) is 4.90 Å². The number of hydrogen-bond donors (Lipinski definition) is 0. The number of amides is 1. The van der Waals surface area contributed by atoms with E-state index in [1.807, 2.05) is 38.7 Å². The monoisotopic (exact) mass is 337 g/mol. The molecule has 0 spiro atoms. The maximum atomic E-state index is 12.3. The molecule has 0 bridgehead atoms. The quantitative estimate of drug-likeness (QED) is 0.842. The Morgan fingerprint density at radius 1 is 1.50 bits per heavy atom. The van der Waals surface area contributed by atoms with Crippen molar-refractivity contribution in [1.29, 1.82) is 0 Å². The summed E-state index contributed by atoms with van der Waals surface area (Å²) >= 11 is 0. The van der Waals surface area contributed by atoms with Crippen molar-refractivity contribution in [1.82, 2.24) is 15.0 Å². The first-order valence-corrected chi connectivity index (χ1v) is 8.65. The van der Waals surface area contributed by atoms with E-state index in [2.05, 4.69) is 24.0 Å². The molecule has 1 amide bonds. The molecule has 136 valence electrons. The van der Waals surface area contributed by atoms with Crippen LogP contribution >= 0.6 is 0 Å². The van der Waals surface area contributed by atoms with E-state index in [1.54, 1.807) is 0 Å². The summed E-state index contributed by atoms with van der Waals surface area (Å²) in [5, 5.41) is 4.05. The maximum Gasteiger partial charge on any atom is 0.410 e. The van der Waals surface area contributed by atoms with Crippen molar-refractivity contribution >= 4 is 6.09 Å². The van der Waals surface area contributed by atoms with Gasteiger partial charge in [0.2, 0.25) is 0 Å². The number of hydrogen-bond acceptors (Lipinski definition) is 5. The van der Waals surface area contributed by atoms with Crippen LogP contribution in [0.1, 0.15) is 52.0 Å². The Balaban J connectivity index is 1.92. The minimum atomic E-state index is -0.452.